The van der Waals surface area contributed by atoms with Crippen LogP contribution < -0.4 is 5.43 Å². The molecule has 3 nitrogen and oxygen atoms in total. The van der Waals surface area contributed by atoms with Gasteiger partial charge in [0.25, 0.3) is 5.91 Å². The summed E-state index contributed by atoms with van der Waals surface area (Å²) in [5.41, 5.74) is 8.77. The molecule has 3 aromatic carbocycles. The van der Waals surface area contributed by atoms with Crippen molar-refractivity contribution in [3.8, 4) is 11.1 Å². The molecule has 1 fully saturated rings. The van der Waals surface area contributed by atoms with Crippen molar-refractivity contribution in [2.75, 3.05) is 0 Å². The molecule has 0 aromatic heterocycles. The summed E-state index contributed by atoms with van der Waals surface area (Å²) in [5.74, 6) is 0.497. The van der Waals surface area contributed by atoms with E-state index in [9.17, 15) is 4.79 Å². The summed E-state index contributed by atoms with van der Waals surface area (Å²) in [4.78, 5) is 12.5. The van der Waals surface area contributed by atoms with Crippen LogP contribution in [0.5, 0.6) is 0 Å². The van der Waals surface area contributed by atoms with Crippen LogP contribution in [0.1, 0.15) is 66.4 Å². The van der Waals surface area contributed by atoms with E-state index in [0.717, 1.165) is 22.4 Å². The average Bonchev–Trinajstić information content (AvgIpc) is 2.83. The zero-order valence-corrected chi connectivity index (χ0v) is 17.5. The van der Waals surface area contributed by atoms with Crippen LogP contribution in [-0.2, 0) is 0 Å². The Balaban J connectivity index is 1.38. The predicted octanol–water partition coefficient (Wildman–Crippen LogP) is 6.56. The number of rotatable bonds is 5. The van der Waals surface area contributed by atoms with Crippen molar-refractivity contribution in [3.05, 3.63) is 95.6 Å². The minimum Gasteiger partial charge on any atom is -0.267 e. The Hall–Kier alpha value is -3.20. The molecule has 0 saturated heterocycles. The molecule has 0 aliphatic heterocycles. The van der Waals surface area contributed by atoms with E-state index in [0.29, 0.717) is 11.5 Å². The first-order chi connectivity index (χ1) is 14.7. The first kappa shape index (κ1) is 20.1. The molecule has 152 valence electrons. The van der Waals surface area contributed by atoms with Gasteiger partial charge in [-0.3, -0.25) is 4.79 Å². The highest BCUT2D eigenvalue weighted by Crippen LogP contribution is 2.32. The van der Waals surface area contributed by atoms with E-state index in [1.165, 1.54) is 37.7 Å². The first-order valence-electron chi connectivity index (χ1n) is 10.8. The number of carbonyl (C=O) groups is 1. The van der Waals surface area contributed by atoms with Crippen molar-refractivity contribution in [2.45, 2.75) is 44.9 Å². The van der Waals surface area contributed by atoms with Crippen LogP contribution in [-0.4, -0.2) is 11.6 Å². The van der Waals surface area contributed by atoms with Crippen LogP contribution in [0.2, 0.25) is 0 Å². The number of amides is 1. The third kappa shape index (κ3) is 4.85. The molecule has 1 amide bonds. The second kappa shape index (κ2) is 9.53. The van der Waals surface area contributed by atoms with Crippen molar-refractivity contribution < 1.29 is 4.79 Å². The SMILES string of the molecule is CC(=NNC(=O)c1ccc(-c2ccccc2)cc1)c1ccc(C2CCCCC2)cc1. The topological polar surface area (TPSA) is 41.5 Å². The van der Waals surface area contributed by atoms with E-state index in [1.54, 1.807) is 0 Å². The molecule has 1 aliphatic rings. The van der Waals surface area contributed by atoms with Gasteiger partial charge in [0.2, 0.25) is 0 Å². The normalized spacial score (nSPS) is 15.0. The van der Waals surface area contributed by atoms with E-state index in [-0.39, 0.29) is 5.91 Å². The van der Waals surface area contributed by atoms with Crippen molar-refractivity contribution in [3.63, 3.8) is 0 Å². The quantitative estimate of drug-likeness (QED) is 0.385. The smallest absolute Gasteiger partial charge is 0.267 e. The molecule has 1 N–H and O–H groups in total. The number of nitrogens with one attached hydrogen (secondary N) is 1. The van der Waals surface area contributed by atoms with Crippen molar-refractivity contribution in [2.24, 2.45) is 5.10 Å². The summed E-state index contributed by atoms with van der Waals surface area (Å²) in [6.45, 7) is 1.92. The zero-order valence-electron chi connectivity index (χ0n) is 17.5. The van der Waals surface area contributed by atoms with Gasteiger partial charge in [0.1, 0.15) is 0 Å². The summed E-state index contributed by atoms with van der Waals surface area (Å²) in [7, 11) is 0. The predicted molar refractivity (Wildman–Crippen MR) is 124 cm³/mol. The van der Waals surface area contributed by atoms with E-state index in [4.69, 9.17) is 0 Å². The number of benzene rings is 3. The monoisotopic (exact) mass is 396 g/mol. The van der Waals surface area contributed by atoms with Crippen LogP contribution in [0, 0.1) is 0 Å². The van der Waals surface area contributed by atoms with Gasteiger partial charge in [-0.15, -0.1) is 0 Å². The molecule has 1 saturated carbocycles. The van der Waals surface area contributed by atoms with Crippen molar-refractivity contribution >= 4 is 11.6 Å². The highest BCUT2D eigenvalue weighted by Gasteiger charge is 2.15. The maximum atomic E-state index is 12.5. The molecule has 4 rings (SSSR count). The maximum Gasteiger partial charge on any atom is 0.271 e. The number of hydrazone groups is 1. The molecular weight excluding hydrogens is 368 g/mol. The summed E-state index contributed by atoms with van der Waals surface area (Å²) in [5, 5.41) is 4.31. The van der Waals surface area contributed by atoms with Gasteiger partial charge in [0, 0.05) is 5.56 Å². The Morgan fingerprint density at radius 2 is 1.37 bits per heavy atom. The molecular formula is C27H28N2O. The fourth-order valence-corrected chi connectivity index (χ4v) is 4.14. The van der Waals surface area contributed by atoms with E-state index < -0.39 is 0 Å². The van der Waals surface area contributed by atoms with Gasteiger partial charge in [-0.1, -0.05) is 86.0 Å². The molecule has 0 bridgehead atoms. The molecule has 30 heavy (non-hydrogen) atoms. The lowest BCUT2D eigenvalue weighted by atomic mass is 9.84. The fourth-order valence-electron chi connectivity index (χ4n) is 4.14. The molecule has 3 aromatic rings. The number of carbonyl (C=O) groups excluding carboxylic acids is 1. The van der Waals surface area contributed by atoms with Crippen LogP contribution in [0.15, 0.2) is 84.0 Å². The molecule has 0 unspecified atom stereocenters. The van der Waals surface area contributed by atoms with Gasteiger partial charge >= 0.3 is 0 Å². The van der Waals surface area contributed by atoms with Crippen molar-refractivity contribution in [1.29, 1.82) is 0 Å². The van der Waals surface area contributed by atoms with Gasteiger partial charge in [-0.2, -0.15) is 5.10 Å². The molecule has 0 heterocycles. The Kier molecular flexibility index (Phi) is 6.38. The lowest BCUT2D eigenvalue weighted by Gasteiger charge is -2.22. The zero-order chi connectivity index (χ0) is 20.8. The third-order valence-corrected chi connectivity index (χ3v) is 5.98. The largest absolute Gasteiger partial charge is 0.271 e. The van der Waals surface area contributed by atoms with Crippen LogP contribution >= 0.6 is 0 Å². The van der Waals surface area contributed by atoms with E-state index in [1.807, 2.05) is 49.4 Å². The van der Waals surface area contributed by atoms with Crippen LogP contribution in [0.25, 0.3) is 11.1 Å². The third-order valence-electron chi connectivity index (χ3n) is 5.98. The summed E-state index contributed by atoms with van der Waals surface area (Å²) < 4.78 is 0. The first-order valence-corrected chi connectivity index (χ1v) is 10.8. The average molecular weight is 397 g/mol. The fraction of sp³-hybridized carbons (Fsp3) is 0.259. The maximum absolute atomic E-state index is 12.5. The standard InChI is InChI=1S/C27H28N2O/c1-20(21-12-14-24(15-13-21)22-8-4-2-5-9-22)28-29-27(30)26-18-16-25(17-19-26)23-10-6-3-7-11-23/h3,6-7,10-19,22H,2,4-5,8-9H2,1H3,(H,29,30). The number of hydrogen-bond donors (Lipinski definition) is 1. The van der Waals surface area contributed by atoms with E-state index in [2.05, 4.69) is 46.9 Å². The molecule has 0 atom stereocenters. The summed E-state index contributed by atoms with van der Waals surface area (Å²) in [6.07, 6.45) is 6.64. The minimum atomic E-state index is -0.201. The summed E-state index contributed by atoms with van der Waals surface area (Å²) >= 11 is 0. The second-order valence-electron chi connectivity index (χ2n) is 8.04. The summed E-state index contributed by atoms with van der Waals surface area (Å²) in [6, 6.07) is 26.4. The van der Waals surface area contributed by atoms with Crippen LogP contribution in [0.4, 0.5) is 0 Å². The second-order valence-corrected chi connectivity index (χ2v) is 8.04. The number of nitrogens with zero attached hydrogens (tertiary/aromatic N) is 1. The van der Waals surface area contributed by atoms with Gasteiger partial charge in [-0.25, -0.2) is 5.43 Å². The van der Waals surface area contributed by atoms with Crippen molar-refractivity contribution in [1.82, 2.24) is 5.43 Å². The highest BCUT2D eigenvalue weighted by molar-refractivity contribution is 6.01. The van der Waals surface area contributed by atoms with Gasteiger partial charge < -0.3 is 0 Å². The molecule has 0 radical (unpaired) electrons. The molecule has 3 heteroatoms. The molecule has 0 spiro atoms. The Bertz CT molecular complexity index is 999. The Morgan fingerprint density at radius 3 is 2.03 bits per heavy atom. The lowest BCUT2D eigenvalue weighted by molar-refractivity contribution is 0.0955. The molecule has 1 aliphatic carbocycles. The van der Waals surface area contributed by atoms with E-state index >= 15 is 0 Å². The van der Waals surface area contributed by atoms with Gasteiger partial charge in [-0.05, 0) is 60.1 Å². The number of hydrogen-bond acceptors (Lipinski definition) is 2. The highest BCUT2D eigenvalue weighted by atomic mass is 16.2. The van der Waals surface area contributed by atoms with Crippen LogP contribution in [0.3, 0.4) is 0 Å². The minimum absolute atomic E-state index is 0.201. The lowest BCUT2D eigenvalue weighted by Crippen LogP contribution is -2.19. The Labute approximate surface area is 178 Å². The van der Waals surface area contributed by atoms with Gasteiger partial charge in [0.05, 0.1) is 5.71 Å². The Morgan fingerprint density at radius 1 is 0.767 bits per heavy atom. The van der Waals surface area contributed by atoms with Gasteiger partial charge in [0.15, 0.2) is 0 Å².